The lowest BCUT2D eigenvalue weighted by molar-refractivity contribution is 0.685. The summed E-state index contributed by atoms with van der Waals surface area (Å²) in [5.41, 5.74) is 2.55. The zero-order valence-corrected chi connectivity index (χ0v) is 10.5. The van der Waals surface area contributed by atoms with Crippen LogP contribution in [-0.2, 0) is 6.54 Å². The molecule has 1 aliphatic rings. The Morgan fingerprint density at radius 2 is 2.25 bits per heavy atom. The molecule has 3 heteroatoms. The van der Waals surface area contributed by atoms with Crippen LogP contribution in [0.15, 0.2) is 12.3 Å². The van der Waals surface area contributed by atoms with Gasteiger partial charge in [0.25, 0.3) is 0 Å². The SMILES string of the molecule is CCN(C)c1ncc(CNC2CC2)cc1C. The van der Waals surface area contributed by atoms with Crippen LogP contribution in [-0.4, -0.2) is 24.6 Å². The van der Waals surface area contributed by atoms with Gasteiger partial charge in [-0.05, 0) is 43.9 Å². The normalized spacial score (nSPS) is 15.2. The molecule has 1 aromatic heterocycles. The van der Waals surface area contributed by atoms with Crippen molar-refractivity contribution in [3.8, 4) is 0 Å². The first-order valence-electron chi connectivity index (χ1n) is 6.10. The Balaban J connectivity index is 2.02. The van der Waals surface area contributed by atoms with E-state index in [9.17, 15) is 0 Å². The summed E-state index contributed by atoms with van der Waals surface area (Å²) >= 11 is 0. The van der Waals surface area contributed by atoms with E-state index in [4.69, 9.17) is 0 Å². The summed E-state index contributed by atoms with van der Waals surface area (Å²) in [5.74, 6) is 1.10. The van der Waals surface area contributed by atoms with Crippen LogP contribution in [0.1, 0.15) is 30.9 Å². The van der Waals surface area contributed by atoms with Gasteiger partial charge in [-0.25, -0.2) is 4.98 Å². The van der Waals surface area contributed by atoms with Crippen LogP contribution in [0, 0.1) is 6.92 Å². The maximum absolute atomic E-state index is 4.53. The molecule has 0 unspecified atom stereocenters. The summed E-state index contributed by atoms with van der Waals surface area (Å²) in [7, 11) is 2.08. The van der Waals surface area contributed by atoms with Gasteiger partial charge in [0.05, 0.1) is 0 Å². The third kappa shape index (κ3) is 2.73. The van der Waals surface area contributed by atoms with Crippen LogP contribution < -0.4 is 10.2 Å². The molecule has 1 aromatic rings. The Labute approximate surface area is 97.9 Å². The summed E-state index contributed by atoms with van der Waals surface area (Å²) in [4.78, 5) is 6.71. The fraction of sp³-hybridized carbons (Fsp3) is 0.615. The highest BCUT2D eigenvalue weighted by Crippen LogP contribution is 2.20. The molecule has 1 N–H and O–H groups in total. The fourth-order valence-electron chi connectivity index (χ4n) is 1.82. The molecule has 1 aliphatic carbocycles. The van der Waals surface area contributed by atoms with Gasteiger partial charge in [0.15, 0.2) is 0 Å². The molecule has 88 valence electrons. The van der Waals surface area contributed by atoms with Gasteiger partial charge < -0.3 is 10.2 Å². The average Bonchev–Trinajstić information content (AvgIpc) is 3.09. The minimum Gasteiger partial charge on any atom is -0.360 e. The summed E-state index contributed by atoms with van der Waals surface area (Å²) < 4.78 is 0. The van der Waals surface area contributed by atoms with E-state index in [1.165, 1.54) is 24.0 Å². The predicted molar refractivity (Wildman–Crippen MR) is 67.8 cm³/mol. The Morgan fingerprint density at radius 1 is 1.50 bits per heavy atom. The number of aryl methyl sites for hydroxylation is 1. The average molecular weight is 219 g/mol. The van der Waals surface area contributed by atoms with E-state index < -0.39 is 0 Å². The maximum Gasteiger partial charge on any atom is 0.131 e. The first-order valence-corrected chi connectivity index (χ1v) is 6.10. The summed E-state index contributed by atoms with van der Waals surface area (Å²) in [6.07, 6.45) is 4.66. The predicted octanol–water partition coefficient (Wildman–Crippen LogP) is 2.10. The number of nitrogens with one attached hydrogen (secondary N) is 1. The fourth-order valence-corrected chi connectivity index (χ4v) is 1.82. The maximum atomic E-state index is 4.53. The number of pyridine rings is 1. The third-order valence-electron chi connectivity index (χ3n) is 3.12. The van der Waals surface area contributed by atoms with Gasteiger partial charge in [0, 0.05) is 32.4 Å². The first-order chi connectivity index (χ1) is 7.70. The number of nitrogens with zero attached hydrogens (tertiary/aromatic N) is 2. The standard InChI is InChI=1S/C13H21N3/c1-4-16(3)13-10(2)7-11(9-15-13)8-14-12-5-6-12/h7,9,12,14H,4-6,8H2,1-3H3. The first kappa shape index (κ1) is 11.4. The van der Waals surface area contributed by atoms with Crippen molar-refractivity contribution in [1.29, 1.82) is 0 Å². The second kappa shape index (κ2) is 4.83. The third-order valence-corrected chi connectivity index (χ3v) is 3.12. The lowest BCUT2D eigenvalue weighted by Crippen LogP contribution is -2.19. The summed E-state index contributed by atoms with van der Waals surface area (Å²) in [6.45, 7) is 6.22. The molecule has 1 fully saturated rings. The smallest absolute Gasteiger partial charge is 0.131 e. The van der Waals surface area contributed by atoms with Gasteiger partial charge in [0.2, 0.25) is 0 Å². The Kier molecular flexibility index (Phi) is 3.44. The molecule has 0 amide bonds. The molecule has 16 heavy (non-hydrogen) atoms. The van der Waals surface area contributed by atoms with Gasteiger partial charge in [-0.2, -0.15) is 0 Å². The van der Waals surface area contributed by atoms with Crippen molar-refractivity contribution in [3.05, 3.63) is 23.4 Å². The molecule has 0 aliphatic heterocycles. The van der Waals surface area contributed by atoms with E-state index >= 15 is 0 Å². The number of rotatable bonds is 5. The van der Waals surface area contributed by atoms with Gasteiger partial charge in [-0.1, -0.05) is 0 Å². The number of aromatic nitrogens is 1. The molecule has 0 saturated heterocycles. The van der Waals surface area contributed by atoms with Crippen molar-refractivity contribution in [2.75, 3.05) is 18.5 Å². The lowest BCUT2D eigenvalue weighted by atomic mass is 10.2. The van der Waals surface area contributed by atoms with Crippen LogP contribution in [0.25, 0.3) is 0 Å². The number of hydrogen-bond donors (Lipinski definition) is 1. The Bertz CT molecular complexity index is 358. The molecule has 1 heterocycles. The molecular formula is C13H21N3. The molecule has 0 radical (unpaired) electrons. The van der Waals surface area contributed by atoms with Gasteiger partial charge in [0.1, 0.15) is 5.82 Å². The molecule has 0 atom stereocenters. The van der Waals surface area contributed by atoms with Crippen molar-refractivity contribution in [2.24, 2.45) is 0 Å². The molecule has 1 saturated carbocycles. The van der Waals surface area contributed by atoms with Crippen LogP contribution in [0.4, 0.5) is 5.82 Å². The minimum atomic E-state index is 0.762. The lowest BCUT2D eigenvalue weighted by Gasteiger charge is -2.18. The minimum absolute atomic E-state index is 0.762. The van der Waals surface area contributed by atoms with E-state index in [1.54, 1.807) is 0 Å². The van der Waals surface area contributed by atoms with Gasteiger partial charge >= 0.3 is 0 Å². The van der Waals surface area contributed by atoms with E-state index in [0.717, 1.165) is 24.9 Å². The number of hydrogen-bond acceptors (Lipinski definition) is 3. The molecule has 3 nitrogen and oxygen atoms in total. The highest BCUT2D eigenvalue weighted by Gasteiger charge is 2.20. The van der Waals surface area contributed by atoms with Crippen LogP contribution in [0.2, 0.25) is 0 Å². The molecule has 0 spiro atoms. The van der Waals surface area contributed by atoms with Crippen molar-refractivity contribution in [3.63, 3.8) is 0 Å². The van der Waals surface area contributed by atoms with Crippen LogP contribution >= 0.6 is 0 Å². The van der Waals surface area contributed by atoms with Gasteiger partial charge in [-0.15, -0.1) is 0 Å². The van der Waals surface area contributed by atoms with Crippen molar-refractivity contribution < 1.29 is 0 Å². The summed E-state index contributed by atoms with van der Waals surface area (Å²) in [6, 6.07) is 3.00. The van der Waals surface area contributed by atoms with Crippen LogP contribution in [0.5, 0.6) is 0 Å². The molecule has 0 aromatic carbocycles. The quantitative estimate of drug-likeness (QED) is 0.822. The van der Waals surface area contributed by atoms with Gasteiger partial charge in [-0.3, -0.25) is 0 Å². The van der Waals surface area contributed by atoms with Crippen molar-refractivity contribution in [2.45, 2.75) is 39.3 Å². The second-order valence-electron chi connectivity index (χ2n) is 4.65. The molecule has 0 bridgehead atoms. The molecular weight excluding hydrogens is 198 g/mol. The van der Waals surface area contributed by atoms with Crippen LogP contribution in [0.3, 0.4) is 0 Å². The Hall–Kier alpha value is -1.09. The van der Waals surface area contributed by atoms with E-state index in [-0.39, 0.29) is 0 Å². The van der Waals surface area contributed by atoms with E-state index in [2.05, 4.69) is 42.2 Å². The van der Waals surface area contributed by atoms with E-state index in [0.29, 0.717) is 0 Å². The Morgan fingerprint density at radius 3 is 2.81 bits per heavy atom. The highest BCUT2D eigenvalue weighted by atomic mass is 15.2. The van der Waals surface area contributed by atoms with Crippen molar-refractivity contribution in [1.82, 2.24) is 10.3 Å². The number of anilines is 1. The van der Waals surface area contributed by atoms with E-state index in [1.807, 2.05) is 6.20 Å². The second-order valence-corrected chi connectivity index (χ2v) is 4.65. The largest absolute Gasteiger partial charge is 0.360 e. The zero-order valence-electron chi connectivity index (χ0n) is 10.5. The highest BCUT2D eigenvalue weighted by molar-refractivity contribution is 5.46. The monoisotopic (exact) mass is 219 g/mol. The van der Waals surface area contributed by atoms with Crippen molar-refractivity contribution >= 4 is 5.82 Å². The summed E-state index contributed by atoms with van der Waals surface area (Å²) in [5, 5.41) is 3.51. The topological polar surface area (TPSA) is 28.2 Å². The zero-order chi connectivity index (χ0) is 11.5. The molecule has 2 rings (SSSR count).